The van der Waals surface area contributed by atoms with Crippen molar-refractivity contribution in [2.75, 3.05) is 26.7 Å². The van der Waals surface area contributed by atoms with E-state index in [-0.39, 0.29) is 35.5 Å². The summed E-state index contributed by atoms with van der Waals surface area (Å²) in [5, 5.41) is 0. The average Bonchev–Trinajstić information content (AvgIpc) is 3.25. The Kier molecular flexibility index (Phi) is 5.03. The van der Waals surface area contributed by atoms with Crippen LogP contribution in [-0.4, -0.2) is 48.4 Å². The number of benzene rings is 2. The van der Waals surface area contributed by atoms with Gasteiger partial charge in [0, 0.05) is 38.4 Å². The predicted molar refractivity (Wildman–Crippen MR) is 107 cm³/mol. The van der Waals surface area contributed by atoms with Gasteiger partial charge in [-0.1, -0.05) is 24.3 Å². The summed E-state index contributed by atoms with van der Waals surface area (Å²) >= 11 is 0. The lowest BCUT2D eigenvalue weighted by Crippen LogP contribution is -2.36. The third-order valence-electron chi connectivity index (χ3n) is 6.21. The first kappa shape index (κ1) is 19.4. The highest BCUT2D eigenvalue weighted by molar-refractivity contribution is 5.98. The van der Waals surface area contributed by atoms with Gasteiger partial charge in [0.2, 0.25) is 5.91 Å². The van der Waals surface area contributed by atoms with Crippen LogP contribution in [0, 0.1) is 24.6 Å². The van der Waals surface area contributed by atoms with Crippen molar-refractivity contribution in [1.29, 1.82) is 0 Å². The molecule has 4 rings (SSSR count). The maximum absolute atomic E-state index is 13.9. The highest BCUT2D eigenvalue weighted by Gasteiger charge is 2.49. The second kappa shape index (κ2) is 7.50. The molecule has 0 spiro atoms. The van der Waals surface area contributed by atoms with Crippen LogP contribution >= 0.6 is 0 Å². The maximum Gasteiger partial charge on any atom is 0.257 e. The number of rotatable bonds is 3. The van der Waals surface area contributed by atoms with Crippen molar-refractivity contribution in [1.82, 2.24) is 9.80 Å². The Morgan fingerprint density at radius 2 is 1.86 bits per heavy atom. The first-order valence-corrected chi connectivity index (χ1v) is 9.86. The van der Waals surface area contributed by atoms with E-state index in [4.69, 9.17) is 4.74 Å². The number of hydrogen-bond donors (Lipinski definition) is 0. The van der Waals surface area contributed by atoms with E-state index in [1.807, 2.05) is 34.9 Å². The van der Waals surface area contributed by atoms with Gasteiger partial charge in [0.05, 0.1) is 18.7 Å². The van der Waals surface area contributed by atoms with E-state index in [9.17, 15) is 14.0 Å². The molecule has 2 heterocycles. The smallest absolute Gasteiger partial charge is 0.257 e. The van der Waals surface area contributed by atoms with E-state index in [0.29, 0.717) is 30.9 Å². The molecule has 29 heavy (non-hydrogen) atoms. The van der Waals surface area contributed by atoms with Crippen molar-refractivity contribution >= 4 is 11.8 Å². The molecule has 2 aromatic carbocycles. The molecule has 2 aliphatic rings. The predicted octanol–water partition coefficient (Wildman–Crippen LogP) is 3.43. The SMILES string of the molecule is COc1cccc(C)c1C(=O)N1C[C@@H]2CN(C(C)=O)[C@@H](c3cccc(F)c3)[C@@H]2C1. The fourth-order valence-electron chi connectivity index (χ4n) is 4.90. The monoisotopic (exact) mass is 396 g/mol. The van der Waals surface area contributed by atoms with Crippen LogP contribution in [-0.2, 0) is 4.79 Å². The Morgan fingerprint density at radius 1 is 1.10 bits per heavy atom. The lowest BCUT2D eigenvalue weighted by atomic mass is 9.89. The summed E-state index contributed by atoms with van der Waals surface area (Å²) in [6.07, 6.45) is 0. The average molecular weight is 396 g/mol. The minimum atomic E-state index is -0.315. The molecule has 0 bridgehead atoms. The van der Waals surface area contributed by atoms with Crippen molar-refractivity contribution in [3.05, 3.63) is 65.0 Å². The molecule has 2 aromatic rings. The lowest BCUT2D eigenvalue weighted by Gasteiger charge is -2.29. The molecule has 0 radical (unpaired) electrons. The standard InChI is InChI=1S/C23H25FN2O3/c1-14-6-4-9-20(29-3)21(14)23(28)25-11-17-12-26(15(2)27)22(19(17)13-25)16-7-5-8-18(24)10-16/h4-10,17,19,22H,11-13H2,1-3H3/t17-,19-,22+/m1/s1. The summed E-state index contributed by atoms with van der Waals surface area (Å²) in [4.78, 5) is 29.2. The molecule has 0 unspecified atom stereocenters. The maximum atomic E-state index is 13.9. The van der Waals surface area contributed by atoms with Gasteiger partial charge in [-0.2, -0.15) is 0 Å². The van der Waals surface area contributed by atoms with Gasteiger partial charge in [-0.15, -0.1) is 0 Å². The van der Waals surface area contributed by atoms with Gasteiger partial charge in [-0.25, -0.2) is 4.39 Å². The van der Waals surface area contributed by atoms with Crippen molar-refractivity contribution in [2.24, 2.45) is 11.8 Å². The summed E-state index contributed by atoms with van der Waals surface area (Å²) in [5.74, 6) is 0.434. The number of carbonyl (C=O) groups excluding carboxylic acids is 2. The molecule has 6 heteroatoms. The summed E-state index contributed by atoms with van der Waals surface area (Å²) in [7, 11) is 1.56. The Balaban J connectivity index is 1.63. The van der Waals surface area contributed by atoms with Gasteiger partial charge in [0.1, 0.15) is 11.6 Å². The molecule has 0 saturated carbocycles. The van der Waals surface area contributed by atoms with Crippen molar-refractivity contribution in [3.63, 3.8) is 0 Å². The highest BCUT2D eigenvalue weighted by Crippen LogP contribution is 2.45. The third-order valence-corrected chi connectivity index (χ3v) is 6.21. The van der Waals surface area contributed by atoms with Gasteiger partial charge < -0.3 is 14.5 Å². The number of hydrogen-bond acceptors (Lipinski definition) is 3. The number of ether oxygens (including phenoxy) is 1. The van der Waals surface area contributed by atoms with Gasteiger partial charge in [-0.05, 0) is 36.2 Å². The zero-order valence-corrected chi connectivity index (χ0v) is 16.9. The van der Waals surface area contributed by atoms with Crippen LogP contribution in [0.25, 0.3) is 0 Å². The van der Waals surface area contributed by atoms with Crippen LogP contribution in [0.5, 0.6) is 5.75 Å². The van der Waals surface area contributed by atoms with Crippen LogP contribution in [0.2, 0.25) is 0 Å². The van der Waals surface area contributed by atoms with Crippen LogP contribution in [0.3, 0.4) is 0 Å². The third kappa shape index (κ3) is 3.37. The number of amides is 2. The number of likely N-dealkylation sites (tertiary alicyclic amines) is 2. The van der Waals surface area contributed by atoms with E-state index in [1.54, 1.807) is 26.2 Å². The van der Waals surface area contributed by atoms with Crippen molar-refractivity contribution in [3.8, 4) is 5.75 Å². The number of methoxy groups -OCH3 is 1. The topological polar surface area (TPSA) is 49.9 Å². The van der Waals surface area contributed by atoms with Gasteiger partial charge in [0.15, 0.2) is 0 Å². The Morgan fingerprint density at radius 3 is 2.55 bits per heavy atom. The van der Waals surface area contributed by atoms with E-state index in [1.165, 1.54) is 12.1 Å². The minimum absolute atomic E-state index is 0.0212. The first-order chi connectivity index (χ1) is 13.9. The summed E-state index contributed by atoms with van der Waals surface area (Å²) in [6, 6.07) is 11.8. The van der Waals surface area contributed by atoms with E-state index >= 15 is 0 Å². The molecular weight excluding hydrogens is 371 g/mol. The molecular formula is C23H25FN2O3. The molecule has 152 valence electrons. The number of fused-ring (bicyclic) bond motifs is 1. The molecule has 3 atom stereocenters. The molecule has 0 N–H and O–H groups in total. The molecule has 2 amide bonds. The van der Waals surface area contributed by atoms with Crippen LogP contribution in [0.4, 0.5) is 4.39 Å². The number of carbonyl (C=O) groups is 2. The fraction of sp³-hybridized carbons (Fsp3) is 0.391. The first-order valence-electron chi connectivity index (χ1n) is 9.86. The van der Waals surface area contributed by atoms with Crippen molar-refractivity contribution in [2.45, 2.75) is 19.9 Å². The van der Waals surface area contributed by atoms with E-state index < -0.39 is 0 Å². The van der Waals surface area contributed by atoms with Crippen LogP contribution < -0.4 is 4.74 Å². The lowest BCUT2D eigenvalue weighted by molar-refractivity contribution is -0.130. The summed E-state index contributed by atoms with van der Waals surface area (Å²) in [5.41, 5.74) is 2.25. The molecule has 0 aliphatic carbocycles. The minimum Gasteiger partial charge on any atom is -0.496 e. The molecule has 0 aromatic heterocycles. The van der Waals surface area contributed by atoms with Gasteiger partial charge in [-0.3, -0.25) is 9.59 Å². The number of aryl methyl sites for hydroxylation is 1. The van der Waals surface area contributed by atoms with Gasteiger partial charge in [0.25, 0.3) is 5.91 Å². The summed E-state index contributed by atoms with van der Waals surface area (Å²) in [6.45, 7) is 5.15. The zero-order valence-electron chi connectivity index (χ0n) is 16.9. The highest BCUT2D eigenvalue weighted by atomic mass is 19.1. The summed E-state index contributed by atoms with van der Waals surface area (Å²) < 4.78 is 19.3. The number of halogens is 1. The van der Waals surface area contributed by atoms with Crippen LogP contribution in [0.15, 0.2) is 42.5 Å². The molecule has 2 saturated heterocycles. The second-order valence-corrected chi connectivity index (χ2v) is 7.96. The van der Waals surface area contributed by atoms with E-state index in [2.05, 4.69) is 0 Å². The quantitative estimate of drug-likeness (QED) is 0.799. The second-order valence-electron chi connectivity index (χ2n) is 7.96. The van der Waals surface area contributed by atoms with Crippen LogP contribution in [0.1, 0.15) is 34.5 Å². The fourth-order valence-corrected chi connectivity index (χ4v) is 4.90. The normalized spacial score (nSPS) is 23.2. The van der Waals surface area contributed by atoms with E-state index in [0.717, 1.165) is 11.1 Å². The Bertz CT molecular complexity index is 961. The van der Waals surface area contributed by atoms with Gasteiger partial charge >= 0.3 is 0 Å². The zero-order chi connectivity index (χ0) is 20.7. The Labute approximate surface area is 170 Å². The Hall–Kier alpha value is -2.89. The molecule has 2 fully saturated rings. The number of nitrogens with zero attached hydrogens (tertiary/aromatic N) is 2. The molecule has 2 aliphatic heterocycles. The largest absolute Gasteiger partial charge is 0.496 e. The molecule has 5 nitrogen and oxygen atoms in total. The van der Waals surface area contributed by atoms with Crippen molar-refractivity contribution < 1.29 is 18.7 Å².